The number of alkyl halides is 3. The van der Waals surface area contributed by atoms with E-state index in [9.17, 15) is 23.1 Å². The predicted molar refractivity (Wildman–Crippen MR) is 74.6 cm³/mol. The van der Waals surface area contributed by atoms with Gasteiger partial charge in [-0.05, 0) is 38.1 Å². The third kappa shape index (κ3) is 6.66. The number of halogens is 3. The van der Waals surface area contributed by atoms with Gasteiger partial charge in [0.05, 0.1) is 5.56 Å². The van der Waals surface area contributed by atoms with Crippen molar-refractivity contribution in [3.8, 4) is 5.75 Å². The van der Waals surface area contributed by atoms with E-state index in [0.29, 0.717) is 0 Å². The first-order valence-electron chi connectivity index (χ1n) is 6.71. The Morgan fingerprint density at radius 3 is 2.36 bits per heavy atom. The highest BCUT2D eigenvalue weighted by Crippen LogP contribution is 2.30. The van der Waals surface area contributed by atoms with Crippen LogP contribution in [-0.4, -0.2) is 36.4 Å². The van der Waals surface area contributed by atoms with Crippen LogP contribution in [0.2, 0.25) is 0 Å². The number of hydrogen-bond donors (Lipinski definition) is 3. The quantitative estimate of drug-likeness (QED) is 0.752. The maximum Gasteiger partial charge on any atom is 0.416 e. The average Bonchev–Trinajstić information content (AvgIpc) is 2.41. The summed E-state index contributed by atoms with van der Waals surface area (Å²) in [6.07, 6.45) is -5.37. The van der Waals surface area contributed by atoms with Crippen molar-refractivity contribution in [3.63, 3.8) is 0 Å². The molecular formula is C14H19F3N2O3. The zero-order valence-corrected chi connectivity index (χ0v) is 12.3. The molecule has 1 atom stereocenters. The predicted octanol–water partition coefficient (Wildman–Crippen LogP) is 2.15. The summed E-state index contributed by atoms with van der Waals surface area (Å²) < 4.78 is 42.3. The first kappa shape index (κ1) is 18.1. The number of ether oxygens (including phenoxy) is 1. The summed E-state index contributed by atoms with van der Waals surface area (Å²) in [7, 11) is 0. The van der Waals surface area contributed by atoms with Crippen molar-refractivity contribution in [3.05, 3.63) is 29.8 Å². The van der Waals surface area contributed by atoms with Gasteiger partial charge in [0.2, 0.25) is 0 Å². The van der Waals surface area contributed by atoms with E-state index in [4.69, 9.17) is 4.74 Å². The SMILES string of the molecule is CC(C)NC(=O)NC[C@H](O)COc1ccc(C(F)(F)F)cc1. The molecule has 1 aromatic rings. The minimum atomic E-state index is -4.40. The Kier molecular flexibility index (Phi) is 6.48. The van der Waals surface area contributed by atoms with E-state index < -0.39 is 23.9 Å². The molecule has 0 heterocycles. The minimum Gasteiger partial charge on any atom is -0.491 e. The second-order valence-corrected chi connectivity index (χ2v) is 5.00. The van der Waals surface area contributed by atoms with E-state index >= 15 is 0 Å². The van der Waals surface area contributed by atoms with E-state index in [2.05, 4.69) is 10.6 Å². The summed E-state index contributed by atoms with van der Waals surface area (Å²) in [5.74, 6) is 0.207. The number of aliphatic hydroxyl groups excluding tert-OH is 1. The zero-order chi connectivity index (χ0) is 16.8. The minimum absolute atomic E-state index is 0.0273. The van der Waals surface area contributed by atoms with Crippen molar-refractivity contribution < 1.29 is 27.8 Å². The van der Waals surface area contributed by atoms with Crippen molar-refractivity contribution in [1.29, 1.82) is 0 Å². The van der Waals surface area contributed by atoms with Crippen LogP contribution in [0.25, 0.3) is 0 Å². The van der Waals surface area contributed by atoms with Crippen LogP contribution in [0.4, 0.5) is 18.0 Å². The standard InChI is InChI=1S/C14H19F3N2O3/c1-9(2)19-13(21)18-7-11(20)8-22-12-5-3-10(4-6-12)14(15,16)17/h3-6,9,11,20H,7-8H2,1-2H3,(H2,18,19,21)/t11-/m0/s1. The zero-order valence-electron chi connectivity index (χ0n) is 12.3. The molecule has 0 spiro atoms. The molecule has 0 bridgehead atoms. The fraction of sp³-hybridized carbons (Fsp3) is 0.500. The van der Waals surface area contributed by atoms with Crippen molar-refractivity contribution in [2.75, 3.05) is 13.2 Å². The van der Waals surface area contributed by atoms with Gasteiger partial charge in [-0.2, -0.15) is 13.2 Å². The van der Waals surface area contributed by atoms with Crippen LogP contribution in [0.1, 0.15) is 19.4 Å². The van der Waals surface area contributed by atoms with Gasteiger partial charge in [0.1, 0.15) is 18.5 Å². The highest BCUT2D eigenvalue weighted by molar-refractivity contribution is 5.74. The van der Waals surface area contributed by atoms with Gasteiger partial charge >= 0.3 is 12.2 Å². The molecule has 1 rings (SSSR count). The molecule has 0 unspecified atom stereocenters. The van der Waals surface area contributed by atoms with Crippen LogP contribution in [-0.2, 0) is 6.18 Å². The molecule has 5 nitrogen and oxygen atoms in total. The van der Waals surface area contributed by atoms with E-state index in [-0.39, 0.29) is 24.9 Å². The molecule has 0 saturated carbocycles. The molecule has 0 aliphatic carbocycles. The van der Waals surface area contributed by atoms with Crippen LogP contribution in [0, 0.1) is 0 Å². The number of nitrogens with one attached hydrogen (secondary N) is 2. The first-order chi connectivity index (χ1) is 10.2. The second kappa shape index (κ2) is 7.88. The Morgan fingerprint density at radius 2 is 1.86 bits per heavy atom. The molecule has 0 aliphatic heterocycles. The second-order valence-electron chi connectivity index (χ2n) is 5.00. The number of hydrogen-bond acceptors (Lipinski definition) is 3. The van der Waals surface area contributed by atoms with Gasteiger partial charge in [0.15, 0.2) is 0 Å². The Bertz CT molecular complexity index is 475. The molecule has 0 fully saturated rings. The van der Waals surface area contributed by atoms with Crippen LogP contribution in [0.15, 0.2) is 24.3 Å². The Morgan fingerprint density at radius 1 is 1.27 bits per heavy atom. The Labute approximate surface area is 126 Å². The summed E-state index contributed by atoms with van der Waals surface area (Å²) in [5.41, 5.74) is -0.771. The van der Waals surface area contributed by atoms with E-state index in [0.717, 1.165) is 12.1 Å². The largest absolute Gasteiger partial charge is 0.491 e. The lowest BCUT2D eigenvalue weighted by molar-refractivity contribution is -0.137. The summed E-state index contributed by atoms with van der Waals surface area (Å²) in [6.45, 7) is 3.42. The van der Waals surface area contributed by atoms with Gasteiger partial charge in [-0.3, -0.25) is 0 Å². The van der Waals surface area contributed by atoms with E-state index in [1.165, 1.54) is 12.1 Å². The molecular weight excluding hydrogens is 301 g/mol. The highest BCUT2D eigenvalue weighted by atomic mass is 19.4. The van der Waals surface area contributed by atoms with Gasteiger partial charge in [-0.1, -0.05) is 0 Å². The maximum atomic E-state index is 12.4. The highest BCUT2D eigenvalue weighted by Gasteiger charge is 2.30. The molecule has 3 N–H and O–H groups in total. The molecule has 0 radical (unpaired) electrons. The number of carbonyl (C=O) groups excluding carboxylic acids is 1. The van der Waals surface area contributed by atoms with Crippen LogP contribution < -0.4 is 15.4 Å². The normalized spacial score (nSPS) is 12.9. The summed E-state index contributed by atoms with van der Waals surface area (Å²) in [5, 5.41) is 14.7. The summed E-state index contributed by atoms with van der Waals surface area (Å²) in [6, 6.07) is 3.71. The smallest absolute Gasteiger partial charge is 0.416 e. The fourth-order valence-corrected chi connectivity index (χ4v) is 1.52. The molecule has 2 amide bonds. The summed E-state index contributed by atoms with van der Waals surface area (Å²) in [4.78, 5) is 11.3. The van der Waals surface area contributed by atoms with Crippen molar-refractivity contribution in [1.82, 2.24) is 10.6 Å². The summed E-state index contributed by atoms with van der Waals surface area (Å²) >= 11 is 0. The van der Waals surface area contributed by atoms with Gasteiger partial charge in [-0.25, -0.2) is 4.79 Å². The van der Waals surface area contributed by atoms with Gasteiger partial charge < -0.3 is 20.5 Å². The third-order valence-electron chi connectivity index (χ3n) is 2.54. The molecule has 0 saturated heterocycles. The molecule has 124 valence electrons. The number of amides is 2. The number of carbonyl (C=O) groups is 1. The van der Waals surface area contributed by atoms with Crippen LogP contribution >= 0.6 is 0 Å². The van der Waals surface area contributed by atoms with Crippen molar-refractivity contribution in [2.45, 2.75) is 32.2 Å². The monoisotopic (exact) mass is 320 g/mol. The fourth-order valence-electron chi connectivity index (χ4n) is 1.52. The Hall–Kier alpha value is -1.96. The van der Waals surface area contributed by atoms with Crippen LogP contribution in [0.3, 0.4) is 0 Å². The van der Waals surface area contributed by atoms with Gasteiger partial charge in [0.25, 0.3) is 0 Å². The van der Waals surface area contributed by atoms with Crippen molar-refractivity contribution >= 4 is 6.03 Å². The Balaban J connectivity index is 2.35. The average molecular weight is 320 g/mol. The number of aliphatic hydroxyl groups is 1. The van der Waals surface area contributed by atoms with Crippen molar-refractivity contribution in [2.24, 2.45) is 0 Å². The third-order valence-corrected chi connectivity index (χ3v) is 2.54. The van der Waals surface area contributed by atoms with Gasteiger partial charge in [-0.15, -0.1) is 0 Å². The van der Waals surface area contributed by atoms with Crippen LogP contribution in [0.5, 0.6) is 5.75 Å². The van der Waals surface area contributed by atoms with E-state index in [1.54, 1.807) is 13.8 Å². The molecule has 1 aromatic carbocycles. The number of benzene rings is 1. The number of rotatable bonds is 6. The van der Waals surface area contributed by atoms with E-state index in [1.807, 2.05) is 0 Å². The topological polar surface area (TPSA) is 70.6 Å². The lowest BCUT2D eigenvalue weighted by Gasteiger charge is -2.15. The van der Waals surface area contributed by atoms with Gasteiger partial charge in [0, 0.05) is 12.6 Å². The lowest BCUT2D eigenvalue weighted by atomic mass is 10.2. The first-order valence-corrected chi connectivity index (χ1v) is 6.71. The molecule has 0 aromatic heterocycles. The maximum absolute atomic E-state index is 12.4. The molecule has 8 heteroatoms. The lowest BCUT2D eigenvalue weighted by Crippen LogP contribution is -2.43. The number of urea groups is 1. The molecule has 22 heavy (non-hydrogen) atoms. The molecule has 0 aliphatic rings.